The van der Waals surface area contributed by atoms with E-state index >= 15 is 0 Å². The minimum absolute atomic E-state index is 0.354. The van der Waals surface area contributed by atoms with Crippen LogP contribution < -0.4 is 5.73 Å². The predicted molar refractivity (Wildman–Crippen MR) is 58.1 cm³/mol. The summed E-state index contributed by atoms with van der Waals surface area (Å²) in [5.74, 6) is 0.773. The molecule has 0 aliphatic heterocycles. The lowest BCUT2D eigenvalue weighted by molar-refractivity contribution is -0.147. The van der Waals surface area contributed by atoms with Gasteiger partial charge >= 0.3 is 6.18 Å². The van der Waals surface area contributed by atoms with Crippen LogP contribution in [0.1, 0.15) is 26.2 Å². The van der Waals surface area contributed by atoms with Crippen molar-refractivity contribution in [3.63, 3.8) is 0 Å². The fourth-order valence-electron chi connectivity index (χ4n) is 2.55. The highest BCUT2D eigenvalue weighted by Crippen LogP contribution is 2.32. The van der Waals surface area contributed by atoms with Gasteiger partial charge in [-0.25, -0.2) is 0 Å². The molecule has 0 saturated heterocycles. The van der Waals surface area contributed by atoms with Gasteiger partial charge in [0.15, 0.2) is 0 Å². The topological polar surface area (TPSA) is 29.3 Å². The van der Waals surface area contributed by atoms with E-state index in [1.807, 2.05) is 0 Å². The molecule has 1 rings (SSSR count). The smallest absolute Gasteiger partial charge is 0.330 e. The van der Waals surface area contributed by atoms with Gasteiger partial charge in [-0.3, -0.25) is 4.90 Å². The van der Waals surface area contributed by atoms with Gasteiger partial charge in [0, 0.05) is 6.54 Å². The van der Waals surface area contributed by atoms with Crippen molar-refractivity contribution < 1.29 is 13.2 Å². The number of halogens is 3. The van der Waals surface area contributed by atoms with Crippen LogP contribution in [0.15, 0.2) is 0 Å². The van der Waals surface area contributed by atoms with Crippen molar-refractivity contribution in [2.75, 3.05) is 26.2 Å². The summed E-state index contributed by atoms with van der Waals surface area (Å²) in [6, 6.07) is 0. The van der Waals surface area contributed by atoms with Gasteiger partial charge in [0.2, 0.25) is 0 Å². The van der Waals surface area contributed by atoms with Gasteiger partial charge in [-0.2, -0.15) is 13.2 Å². The van der Waals surface area contributed by atoms with E-state index in [-0.39, 0.29) is 0 Å². The standard InChI is InChI=1S/C11H21F3N2/c1-2-16(8-11(12,13)14)7-10-5-3-4-9(10)6-15/h9-10H,2-8,15H2,1H3. The third-order valence-electron chi connectivity index (χ3n) is 3.46. The molecule has 1 fully saturated rings. The normalized spacial score (nSPS) is 26.6. The summed E-state index contributed by atoms with van der Waals surface area (Å²) >= 11 is 0. The predicted octanol–water partition coefficient (Wildman–Crippen LogP) is 2.25. The molecule has 0 aromatic rings. The van der Waals surface area contributed by atoms with E-state index in [4.69, 9.17) is 5.73 Å². The molecule has 2 nitrogen and oxygen atoms in total. The fourth-order valence-corrected chi connectivity index (χ4v) is 2.55. The quantitative estimate of drug-likeness (QED) is 0.796. The molecule has 96 valence electrons. The van der Waals surface area contributed by atoms with Crippen LogP contribution in [0, 0.1) is 11.8 Å². The Morgan fingerprint density at radius 3 is 2.38 bits per heavy atom. The zero-order valence-electron chi connectivity index (χ0n) is 9.76. The Balaban J connectivity index is 2.43. The van der Waals surface area contributed by atoms with Gasteiger partial charge in [-0.15, -0.1) is 0 Å². The van der Waals surface area contributed by atoms with Crippen molar-refractivity contribution in [1.29, 1.82) is 0 Å². The Morgan fingerprint density at radius 1 is 1.25 bits per heavy atom. The van der Waals surface area contributed by atoms with E-state index in [0.717, 1.165) is 19.3 Å². The molecule has 2 N–H and O–H groups in total. The third-order valence-corrected chi connectivity index (χ3v) is 3.46. The molecule has 0 bridgehead atoms. The van der Waals surface area contributed by atoms with Crippen LogP contribution in [0.2, 0.25) is 0 Å². The highest BCUT2D eigenvalue weighted by molar-refractivity contribution is 4.81. The average Bonchev–Trinajstić information content (AvgIpc) is 2.62. The minimum atomic E-state index is -4.09. The molecule has 0 aromatic carbocycles. The maximum absolute atomic E-state index is 12.3. The van der Waals surface area contributed by atoms with Crippen molar-refractivity contribution in [3.05, 3.63) is 0 Å². The minimum Gasteiger partial charge on any atom is -0.330 e. The summed E-state index contributed by atoms with van der Waals surface area (Å²) in [7, 11) is 0. The largest absolute Gasteiger partial charge is 0.401 e. The van der Waals surface area contributed by atoms with Crippen LogP contribution in [0.3, 0.4) is 0 Å². The number of nitrogens with zero attached hydrogens (tertiary/aromatic N) is 1. The first-order valence-electron chi connectivity index (χ1n) is 5.95. The van der Waals surface area contributed by atoms with Crippen LogP contribution in [-0.4, -0.2) is 37.3 Å². The first kappa shape index (κ1) is 13.8. The Labute approximate surface area is 95.0 Å². The first-order valence-corrected chi connectivity index (χ1v) is 5.95. The van der Waals surface area contributed by atoms with E-state index in [2.05, 4.69) is 0 Å². The average molecular weight is 238 g/mol. The molecule has 2 atom stereocenters. The Kier molecular flexibility index (Phi) is 5.05. The Hall–Kier alpha value is -0.290. The summed E-state index contributed by atoms with van der Waals surface area (Å²) < 4.78 is 36.8. The van der Waals surface area contributed by atoms with Crippen molar-refractivity contribution >= 4 is 0 Å². The monoisotopic (exact) mass is 238 g/mol. The van der Waals surface area contributed by atoms with E-state index in [9.17, 15) is 13.2 Å². The zero-order chi connectivity index (χ0) is 12.2. The van der Waals surface area contributed by atoms with Gasteiger partial charge in [-0.05, 0) is 37.8 Å². The maximum atomic E-state index is 12.3. The van der Waals surface area contributed by atoms with Gasteiger partial charge in [0.25, 0.3) is 0 Å². The molecule has 0 radical (unpaired) electrons. The molecule has 0 heterocycles. The number of hydrogen-bond acceptors (Lipinski definition) is 2. The van der Waals surface area contributed by atoms with Crippen LogP contribution in [-0.2, 0) is 0 Å². The van der Waals surface area contributed by atoms with Crippen molar-refractivity contribution in [3.8, 4) is 0 Å². The summed E-state index contributed by atoms with van der Waals surface area (Å²) in [5.41, 5.74) is 5.63. The molecular weight excluding hydrogens is 217 g/mol. The molecule has 0 aromatic heterocycles. The lowest BCUT2D eigenvalue weighted by Crippen LogP contribution is -2.39. The molecule has 0 amide bonds. The second-order valence-electron chi connectivity index (χ2n) is 4.63. The second-order valence-corrected chi connectivity index (χ2v) is 4.63. The van der Waals surface area contributed by atoms with Gasteiger partial charge < -0.3 is 5.73 Å². The highest BCUT2D eigenvalue weighted by Gasteiger charge is 2.33. The molecular formula is C11H21F3N2. The number of nitrogens with two attached hydrogens (primary N) is 1. The molecule has 1 aliphatic carbocycles. The van der Waals surface area contributed by atoms with Crippen LogP contribution >= 0.6 is 0 Å². The van der Waals surface area contributed by atoms with E-state index in [0.29, 0.717) is 31.5 Å². The Bertz CT molecular complexity index is 206. The molecule has 1 saturated carbocycles. The SMILES string of the molecule is CCN(CC1CCCC1CN)CC(F)(F)F. The van der Waals surface area contributed by atoms with Crippen LogP contribution in [0.25, 0.3) is 0 Å². The highest BCUT2D eigenvalue weighted by atomic mass is 19.4. The zero-order valence-corrected chi connectivity index (χ0v) is 9.76. The fraction of sp³-hybridized carbons (Fsp3) is 1.00. The molecule has 0 spiro atoms. The van der Waals surface area contributed by atoms with Crippen molar-refractivity contribution in [2.24, 2.45) is 17.6 Å². The van der Waals surface area contributed by atoms with Crippen molar-refractivity contribution in [1.82, 2.24) is 4.90 Å². The number of hydrogen-bond donors (Lipinski definition) is 1. The van der Waals surface area contributed by atoms with E-state index in [1.165, 1.54) is 4.90 Å². The van der Waals surface area contributed by atoms with Gasteiger partial charge in [0.05, 0.1) is 6.54 Å². The van der Waals surface area contributed by atoms with E-state index < -0.39 is 12.7 Å². The first-order chi connectivity index (χ1) is 7.46. The lowest BCUT2D eigenvalue weighted by Gasteiger charge is -2.27. The number of alkyl halides is 3. The van der Waals surface area contributed by atoms with Crippen molar-refractivity contribution in [2.45, 2.75) is 32.4 Å². The third kappa shape index (κ3) is 4.29. The van der Waals surface area contributed by atoms with Gasteiger partial charge in [-0.1, -0.05) is 13.3 Å². The molecule has 16 heavy (non-hydrogen) atoms. The molecule has 2 unspecified atom stereocenters. The van der Waals surface area contributed by atoms with Gasteiger partial charge in [0.1, 0.15) is 0 Å². The number of rotatable bonds is 5. The lowest BCUT2D eigenvalue weighted by atomic mass is 9.95. The second kappa shape index (κ2) is 5.87. The maximum Gasteiger partial charge on any atom is 0.401 e. The van der Waals surface area contributed by atoms with Crippen LogP contribution in [0.5, 0.6) is 0 Å². The van der Waals surface area contributed by atoms with Crippen LogP contribution in [0.4, 0.5) is 13.2 Å². The Morgan fingerprint density at radius 2 is 1.88 bits per heavy atom. The summed E-state index contributed by atoms with van der Waals surface area (Å²) in [6.45, 7) is 2.58. The molecule has 1 aliphatic rings. The van der Waals surface area contributed by atoms with E-state index in [1.54, 1.807) is 6.92 Å². The molecule has 5 heteroatoms. The summed E-state index contributed by atoms with van der Waals surface area (Å²) in [6.07, 6.45) is -0.885. The summed E-state index contributed by atoms with van der Waals surface area (Å²) in [5, 5.41) is 0. The summed E-state index contributed by atoms with van der Waals surface area (Å²) in [4.78, 5) is 1.48.